The molecule has 0 amide bonds. The van der Waals surface area contributed by atoms with Gasteiger partial charge in [0.15, 0.2) is 0 Å². The van der Waals surface area contributed by atoms with Gasteiger partial charge in [-0.25, -0.2) is 0 Å². The van der Waals surface area contributed by atoms with E-state index in [1.54, 1.807) is 0 Å². The Morgan fingerprint density at radius 3 is 2.68 bits per heavy atom. The molecule has 0 spiro atoms. The minimum absolute atomic E-state index is 0.719. The van der Waals surface area contributed by atoms with Crippen molar-refractivity contribution in [2.75, 3.05) is 38.6 Å². The van der Waals surface area contributed by atoms with Gasteiger partial charge in [-0.15, -0.1) is 6.58 Å². The maximum atomic E-state index is 4.00. The highest BCUT2D eigenvalue weighted by Crippen LogP contribution is 2.36. The number of anilines is 1. The summed E-state index contributed by atoms with van der Waals surface area (Å²) in [7, 11) is 4.16. The lowest BCUT2D eigenvalue weighted by molar-refractivity contribution is 0.0195. The van der Waals surface area contributed by atoms with Crippen molar-refractivity contribution < 1.29 is 0 Å². The molecule has 1 aromatic carbocycles. The molecular weight excluding hydrogens is 270 g/mol. The van der Waals surface area contributed by atoms with Crippen molar-refractivity contribution in [2.45, 2.75) is 25.4 Å². The first-order chi connectivity index (χ1) is 10.7. The number of piperidine rings is 3. The lowest BCUT2D eigenvalue weighted by Gasteiger charge is -2.49. The van der Waals surface area contributed by atoms with Crippen molar-refractivity contribution >= 4 is 5.69 Å². The summed E-state index contributed by atoms with van der Waals surface area (Å²) < 4.78 is 0. The maximum Gasteiger partial charge on any atom is 0.0361 e. The molecule has 1 N–H and O–H groups in total. The summed E-state index contributed by atoms with van der Waals surface area (Å²) in [6.45, 7) is 8.57. The highest BCUT2D eigenvalue weighted by atomic mass is 15.2. The third-order valence-corrected chi connectivity index (χ3v) is 5.39. The summed E-state index contributed by atoms with van der Waals surface area (Å²) in [4.78, 5) is 4.80. The SMILES string of the molecule is C=C[C@H]1CN2CC[C@@H]1C[C@H]2CNCc1ccc(N(C)C)cc1. The van der Waals surface area contributed by atoms with Crippen LogP contribution in [0.15, 0.2) is 36.9 Å². The molecule has 4 atom stereocenters. The number of nitrogens with zero attached hydrogens (tertiary/aromatic N) is 2. The molecule has 1 unspecified atom stereocenters. The monoisotopic (exact) mass is 299 g/mol. The number of hydrogen-bond donors (Lipinski definition) is 1. The number of fused-ring (bicyclic) bond motifs is 3. The van der Waals surface area contributed by atoms with Gasteiger partial charge in [-0.1, -0.05) is 18.2 Å². The van der Waals surface area contributed by atoms with Crippen LogP contribution >= 0.6 is 0 Å². The van der Waals surface area contributed by atoms with Crippen LogP contribution in [0.2, 0.25) is 0 Å². The number of rotatable bonds is 6. The van der Waals surface area contributed by atoms with Gasteiger partial charge in [0.25, 0.3) is 0 Å². The molecular formula is C19H29N3. The normalized spacial score (nSPS) is 30.3. The van der Waals surface area contributed by atoms with E-state index in [0.29, 0.717) is 0 Å². The van der Waals surface area contributed by atoms with Gasteiger partial charge in [0, 0.05) is 45.5 Å². The predicted molar refractivity (Wildman–Crippen MR) is 94.2 cm³/mol. The summed E-state index contributed by atoms with van der Waals surface area (Å²) in [5.41, 5.74) is 2.63. The van der Waals surface area contributed by atoms with Crippen LogP contribution in [-0.4, -0.2) is 44.7 Å². The molecule has 22 heavy (non-hydrogen) atoms. The van der Waals surface area contributed by atoms with Gasteiger partial charge in [-0.2, -0.15) is 0 Å². The largest absolute Gasteiger partial charge is 0.378 e. The standard InChI is InChI=1S/C19H29N3/c1-4-16-14-22-10-9-17(16)11-19(22)13-20-12-15-5-7-18(8-6-15)21(2)3/h4-8,16-17,19-20H,1,9-14H2,2-3H3/t16-,17+,19-/m0/s1. The average Bonchev–Trinajstić information content (AvgIpc) is 2.56. The highest BCUT2D eigenvalue weighted by Gasteiger charge is 2.38. The fraction of sp³-hybridized carbons (Fsp3) is 0.579. The molecule has 3 heteroatoms. The number of benzene rings is 1. The Hall–Kier alpha value is -1.32. The highest BCUT2D eigenvalue weighted by molar-refractivity contribution is 5.45. The summed E-state index contributed by atoms with van der Waals surface area (Å²) in [6, 6.07) is 9.55. The molecule has 0 aliphatic carbocycles. The van der Waals surface area contributed by atoms with Crippen molar-refractivity contribution in [2.24, 2.45) is 11.8 Å². The number of hydrogen-bond acceptors (Lipinski definition) is 3. The zero-order valence-corrected chi connectivity index (χ0v) is 14.0. The van der Waals surface area contributed by atoms with Crippen LogP contribution in [0.25, 0.3) is 0 Å². The summed E-state index contributed by atoms with van der Waals surface area (Å²) >= 11 is 0. The third-order valence-electron chi connectivity index (χ3n) is 5.39. The first-order valence-corrected chi connectivity index (χ1v) is 8.51. The van der Waals surface area contributed by atoms with Crippen molar-refractivity contribution in [3.63, 3.8) is 0 Å². The maximum absolute atomic E-state index is 4.00. The molecule has 2 bridgehead atoms. The Labute approximate surface area is 135 Å². The van der Waals surface area contributed by atoms with E-state index in [9.17, 15) is 0 Å². The van der Waals surface area contributed by atoms with Crippen molar-refractivity contribution in [1.29, 1.82) is 0 Å². The molecule has 3 fully saturated rings. The van der Waals surface area contributed by atoms with Gasteiger partial charge in [0.2, 0.25) is 0 Å². The van der Waals surface area contributed by atoms with Crippen LogP contribution in [0.3, 0.4) is 0 Å². The summed E-state index contributed by atoms with van der Waals surface area (Å²) in [5, 5.41) is 3.66. The summed E-state index contributed by atoms with van der Waals surface area (Å²) in [6.07, 6.45) is 4.87. The number of nitrogens with one attached hydrogen (secondary N) is 1. The molecule has 120 valence electrons. The minimum atomic E-state index is 0.719. The van der Waals surface area contributed by atoms with E-state index in [-0.39, 0.29) is 0 Å². The van der Waals surface area contributed by atoms with Gasteiger partial charge in [-0.05, 0) is 48.9 Å². The lowest BCUT2D eigenvalue weighted by Crippen LogP contribution is -2.55. The molecule has 3 aliphatic rings. The fourth-order valence-electron chi connectivity index (χ4n) is 3.95. The second-order valence-electron chi connectivity index (χ2n) is 7.02. The molecule has 1 aromatic rings. The quantitative estimate of drug-likeness (QED) is 0.815. The van der Waals surface area contributed by atoms with Crippen LogP contribution in [0.4, 0.5) is 5.69 Å². The van der Waals surface area contributed by atoms with Gasteiger partial charge in [0.1, 0.15) is 0 Å². The van der Waals surface area contributed by atoms with Gasteiger partial charge in [-0.3, -0.25) is 4.90 Å². The van der Waals surface area contributed by atoms with Crippen LogP contribution in [-0.2, 0) is 6.54 Å². The molecule has 0 saturated carbocycles. The molecule has 0 radical (unpaired) electrons. The van der Waals surface area contributed by atoms with E-state index in [1.165, 1.54) is 37.2 Å². The van der Waals surface area contributed by atoms with E-state index in [2.05, 4.69) is 66.1 Å². The lowest BCUT2D eigenvalue weighted by atomic mass is 9.75. The zero-order valence-electron chi connectivity index (χ0n) is 14.0. The van der Waals surface area contributed by atoms with Crippen LogP contribution in [0.5, 0.6) is 0 Å². The van der Waals surface area contributed by atoms with Crippen molar-refractivity contribution in [1.82, 2.24) is 10.2 Å². The van der Waals surface area contributed by atoms with Gasteiger partial charge < -0.3 is 10.2 Å². The van der Waals surface area contributed by atoms with Gasteiger partial charge in [0.05, 0.1) is 0 Å². The van der Waals surface area contributed by atoms with E-state index >= 15 is 0 Å². The Balaban J connectivity index is 1.46. The average molecular weight is 299 g/mol. The Kier molecular flexibility index (Phi) is 4.84. The summed E-state index contributed by atoms with van der Waals surface area (Å²) in [5.74, 6) is 1.59. The molecule has 3 aliphatic heterocycles. The smallest absolute Gasteiger partial charge is 0.0361 e. The Morgan fingerprint density at radius 2 is 2.09 bits per heavy atom. The van der Waals surface area contributed by atoms with E-state index in [0.717, 1.165) is 31.0 Å². The molecule has 0 aromatic heterocycles. The van der Waals surface area contributed by atoms with Crippen LogP contribution < -0.4 is 10.2 Å². The molecule has 4 rings (SSSR count). The first kappa shape index (κ1) is 15.6. The third kappa shape index (κ3) is 3.36. The first-order valence-electron chi connectivity index (χ1n) is 8.51. The fourth-order valence-corrected chi connectivity index (χ4v) is 3.95. The second-order valence-corrected chi connectivity index (χ2v) is 7.02. The Bertz CT molecular complexity index is 494. The van der Waals surface area contributed by atoms with Crippen molar-refractivity contribution in [3.05, 3.63) is 42.5 Å². The van der Waals surface area contributed by atoms with Crippen LogP contribution in [0.1, 0.15) is 18.4 Å². The molecule has 3 nitrogen and oxygen atoms in total. The topological polar surface area (TPSA) is 18.5 Å². The molecule has 3 heterocycles. The van der Waals surface area contributed by atoms with Gasteiger partial charge >= 0.3 is 0 Å². The Morgan fingerprint density at radius 1 is 1.32 bits per heavy atom. The van der Waals surface area contributed by atoms with E-state index < -0.39 is 0 Å². The zero-order chi connectivity index (χ0) is 15.5. The molecule has 3 saturated heterocycles. The van der Waals surface area contributed by atoms with Crippen molar-refractivity contribution in [3.8, 4) is 0 Å². The van der Waals surface area contributed by atoms with E-state index in [4.69, 9.17) is 0 Å². The van der Waals surface area contributed by atoms with Crippen LogP contribution in [0, 0.1) is 11.8 Å². The predicted octanol–water partition coefficient (Wildman–Crippen LogP) is 2.74. The minimum Gasteiger partial charge on any atom is -0.378 e. The second kappa shape index (κ2) is 6.84. The van der Waals surface area contributed by atoms with E-state index in [1.807, 2.05) is 0 Å².